The van der Waals surface area contributed by atoms with Crippen LogP contribution in [0.4, 0.5) is 0 Å². The molecule has 114 valence electrons. The van der Waals surface area contributed by atoms with Crippen molar-refractivity contribution < 1.29 is 8.42 Å². The predicted molar refractivity (Wildman–Crippen MR) is 84.8 cm³/mol. The molecule has 2 aromatic rings. The lowest BCUT2D eigenvalue weighted by Gasteiger charge is -2.19. The van der Waals surface area contributed by atoms with Crippen LogP contribution in [-0.4, -0.2) is 37.8 Å². The quantitative estimate of drug-likeness (QED) is 0.847. The fourth-order valence-corrected chi connectivity index (χ4v) is 4.27. The van der Waals surface area contributed by atoms with Gasteiger partial charge in [-0.05, 0) is 36.1 Å². The Hall–Kier alpha value is -1.28. The third kappa shape index (κ3) is 4.10. The lowest BCUT2D eigenvalue weighted by molar-refractivity contribution is 0.445. The Bertz CT molecular complexity index is 642. The number of rotatable bonds is 7. The molecule has 2 aromatic heterocycles. The van der Waals surface area contributed by atoms with Gasteiger partial charge < -0.3 is 5.32 Å². The van der Waals surface area contributed by atoms with Crippen molar-refractivity contribution in [2.24, 2.45) is 0 Å². The van der Waals surface area contributed by atoms with Gasteiger partial charge >= 0.3 is 0 Å². The molecule has 0 aromatic carbocycles. The molecule has 5 nitrogen and oxygen atoms in total. The number of likely N-dealkylation sites (N-methyl/N-ethyl adjacent to an activating group) is 1. The van der Waals surface area contributed by atoms with E-state index in [1.165, 1.54) is 15.6 Å². The number of thiophene rings is 1. The van der Waals surface area contributed by atoms with E-state index in [4.69, 9.17) is 0 Å². The van der Waals surface area contributed by atoms with Crippen LogP contribution in [0.3, 0.4) is 0 Å². The highest BCUT2D eigenvalue weighted by atomic mass is 32.2. The highest BCUT2D eigenvalue weighted by Gasteiger charge is 2.21. The molecule has 0 aliphatic carbocycles. The molecule has 0 amide bonds. The zero-order valence-corrected chi connectivity index (χ0v) is 13.7. The summed E-state index contributed by atoms with van der Waals surface area (Å²) in [6.07, 6.45) is 3.50. The van der Waals surface area contributed by atoms with Crippen LogP contribution in [0.1, 0.15) is 18.5 Å². The predicted octanol–water partition coefficient (Wildman–Crippen LogP) is 2.11. The largest absolute Gasteiger partial charge is 0.309 e. The summed E-state index contributed by atoms with van der Waals surface area (Å²) in [5.41, 5.74) is 1.13. The number of nitrogens with one attached hydrogen (secondary N) is 1. The smallest absolute Gasteiger partial charge is 0.252 e. The number of sulfonamides is 1. The van der Waals surface area contributed by atoms with Crippen LogP contribution in [0.15, 0.2) is 46.2 Å². The second-order valence-electron chi connectivity index (χ2n) is 4.72. The fraction of sp³-hybridized carbons (Fsp3) is 0.357. The molecular weight excluding hydrogens is 306 g/mol. The molecule has 0 saturated heterocycles. The van der Waals surface area contributed by atoms with Crippen molar-refractivity contribution in [1.29, 1.82) is 0 Å². The van der Waals surface area contributed by atoms with Gasteiger partial charge in [0.1, 0.15) is 4.21 Å². The van der Waals surface area contributed by atoms with Gasteiger partial charge in [-0.2, -0.15) is 4.31 Å². The Kier molecular flexibility index (Phi) is 5.46. The number of hydrogen-bond acceptors (Lipinski definition) is 5. The lowest BCUT2D eigenvalue weighted by atomic mass is 10.1. The average Bonchev–Trinajstić information content (AvgIpc) is 3.02. The van der Waals surface area contributed by atoms with E-state index >= 15 is 0 Å². The van der Waals surface area contributed by atoms with Gasteiger partial charge in [0, 0.05) is 38.6 Å². The van der Waals surface area contributed by atoms with Gasteiger partial charge in [-0.15, -0.1) is 11.3 Å². The maximum atomic E-state index is 12.2. The number of aromatic nitrogens is 1. The first-order chi connectivity index (χ1) is 10.0. The van der Waals surface area contributed by atoms with E-state index in [1.807, 2.05) is 19.1 Å². The van der Waals surface area contributed by atoms with Crippen LogP contribution in [0.5, 0.6) is 0 Å². The van der Waals surface area contributed by atoms with Gasteiger partial charge in [-0.1, -0.05) is 6.07 Å². The minimum atomic E-state index is -3.36. The molecule has 1 atom stereocenters. The molecule has 21 heavy (non-hydrogen) atoms. The first kappa shape index (κ1) is 16.1. The first-order valence-corrected chi connectivity index (χ1v) is 8.97. The van der Waals surface area contributed by atoms with Crippen molar-refractivity contribution in [2.75, 3.05) is 20.1 Å². The zero-order valence-electron chi connectivity index (χ0n) is 12.1. The minimum Gasteiger partial charge on any atom is -0.309 e. The molecule has 0 saturated carbocycles. The van der Waals surface area contributed by atoms with Crippen LogP contribution in [0, 0.1) is 0 Å². The summed E-state index contributed by atoms with van der Waals surface area (Å²) in [7, 11) is -1.75. The topological polar surface area (TPSA) is 62.3 Å². The molecule has 0 aliphatic rings. The third-order valence-corrected chi connectivity index (χ3v) is 6.47. The second-order valence-corrected chi connectivity index (χ2v) is 7.93. The first-order valence-electron chi connectivity index (χ1n) is 6.65. The number of pyridine rings is 1. The summed E-state index contributed by atoms with van der Waals surface area (Å²) >= 11 is 1.24. The zero-order chi connectivity index (χ0) is 15.3. The molecule has 2 heterocycles. The summed E-state index contributed by atoms with van der Waals surface area (Å²) in [4.78, 5) is 3.98. The Morgan fingerprint density at radius 1 is 1.33 bits per heavy atom. The molecule has 7 heteroatoms. The van der Waals surface area contributed by atoms with Crippen molar-refractivity contribution in [3.05, 3.63) is 47.6 Å². The highest BCUT2D eigenvalue weighted by molar-refractivity contribution is 7.91. The van der Waals surface area contributed by atoms with Gasteiger partial charge in [-0.25, -0.2) is 8.42 Å². The molecule has 0 aliphatic heterocycles. The molecule has 1 unspecified atom stereocenters. The van der Waals surface area contributed by atoms with Crippen LogP contribution >= 0.6 is 11.3 Å². The summed E-state index contributed by atoms with van der Waals surface area (Å²) in [6, 6.07) is 7.43. The van der Waals surface area contributed by atoms with Gasteiger partial charge in [0.05, 0.1) is 0 Å². The van der Waals surface area contributed by atoms with Gasteiger partial charge in [-0.3, -0.25) is 4.98 Å². The van der Waals surface area contributed by atoms with Crippen molar-refractivity contribution in [1.82, 2.24) is 14.6 Å². The van der Waals surface area contributed by atoms with Crippen molar-refractivity contribution >= 4 is 21.4 Å². The Balaban J connectivity index is 1.86. The number of nitrogens with zero attached hydrogens (tertiary/aromatic N) is 2. The molecule has 0 fully saturated rings. The van der Waals surface area contributed by atoms with Crippen molar-refractivity contribution in [2.45, 2.75) is 17.2 Å². The highest BCUT2D eigenvalue weighted by Crippen LogP contribution is 2.19. The van der Waals surface area contributed by atoms with E-state index in [-0.39, 0.29) is 6.04 Å². The Morgan fingerprint density at radius 3 is 2.67 bits per heavy atom. The van der Waals surface area contributed by atoms with E-state index in [9.17, 15) is 8.42 Å². The van der Waals surface area contributed by atoms with E-state index in [0.717, 1.165) is 5.56 Å². The Labute approximate surface area is 129 Å². The third-order valence-electron chi connectivity index (χ3n) is 3.24. The SMILES string of the molecule is CC(NCCN(C)S(=O)(=O)c1cccs1)c1ccncc1. The van der Waals surface area contributed by atoms with Crippen LogP contribution in [0.25, 0.3) is 0 Å². The monoisotopic (exact) mass is 325 g/mol. The van der Waals surface area contributed by atoms with E-state index in [2.05, 4.69) is 10.3 Å². The van der Waals surface area contributed by atoms with Crippen molar-refractivity contribution in [3.63, 3.8) is 0 Å². The molecule has 0 bridgehead atoms. The van der Waals surface area contributed by atoms with E-state index < -0.39 is 10.0 Å². The summed E-state index contributed by atoms with van der Waals surface area (Å²) < 4.78 is 26.2. The number of hydrogen-bond donors (Lipinski definition) is 1. The Morgan fingerprint density at radius 2 is 2.05 bits per heavy atom. The minimum absolute atomic E-state index is 0.158. The van der Waals surface area contributed by atoms with Crippen LogP contribution < -0.4 is 5.32 Å². The molecular formula is C14H19N3O2S2. The average molecular weight is 325 g/mol. The van der Waals surface area contributed by atoms with Crippen LogP contribution in [0.2, 0.25) is 0 Å². The molecule has 0 spiro atoms. The standard InChI is InChI=1S/C14H19N3O2S2/c1-12(13-5-7-15-8-6-13)16-9-10-17(2)21(18,19)14-4-3-11-20-14/h3-8,11-12,16H,9-10H2,1-2H3. The van der Waals surface area contributed by atoms with Crippen LogP contribution in [-0.2, 0) is 10.0 Å². The second kappa shape index (κ2) is 7.13. The molecule has 0 radical (unpaired) electrons. The van der Waals surface area contributed by atoms with Crippen molar-refractivity contribution in [3.8, 4) is 0 Å². The summed E-state index contributed by atoms with van der Waals surface area (Å²) in [5.74, 6) is 0. The van der Waals surface area contributed by atoms with E-state index in [1.54, 1.807) is 37.0 Å². The summed E-state index contributed by atoms with van der Waals surface area (Å²) in [5, 5.41) is 5.09. The lowest BCUT2D eigenvalue weighted by Crippen LogP contribution is -2.34. The maximum Gasteiger partial charge on any atom is 0.252 e. The maximum absolute atomic E-state index is 12.2. The van der Waals surface area contributed by atoms with Gasteiger partial charge in [0.2, 0.25) is 0 Å². The van der Waals surface area contributed by atoms with Gasteiger partial charge in [0.25, 0.3) is 10.0 Å². The fourth-order valence-electron chi connectivity index (χ4n) is 1.89. The van der Waals surface area contributed by atoms with Gasteiger partial charge in [0.15, 0.2) is 0 Å². The molecule has 2 rings (SSSR count). The summed E-state index contributed by atoms with van der Waals surface area (Å²) in [6.45, 7) is 3.06. The normalized spacial score (nSPS) is 13.5. The van der Waals surface area contributed by atoms with E-state index in [0.29, 0.717) is 17.3 Å². The molecule has 1 N–H and O–H groups in total.